The first-order chi connectivity index (χ1) is 14.7. The van der Waals surface area contributed by atoms with Crippen molar-refractivity contribution in [2.45, 2.75) is 11.8 Å². The number of aromatic nitrogens is 1. The van der Waals surface area contributed by atoms with Crippen molar-refractivity contribution < 1.29 is 13.2 Å². The molecule has 2 N–H and O–H groups in total. The van der Waals surface area contributed by atoms with Gasteiger partial charge in [-0.1, -0.05) is 17.7 Å². The van der Waals surface area contributed by atoms with E-state index in [1.165, 1.54) is 42.6 Å². The van der Waals surface area contributed by atoms with Crippen molar-refractivity contribution in [1.82, 2.24) is 9.99 Å². The highest BCUT2D eigenvalue weighted by atomic mass is 35.5. The zero-order valence-electron chi connectivity index (χ0n) is 16.6. The first-order valence-electron chi connectivity index (χ1n) is 8.99. The largest absolute Gasteiger partial charge is 0.339 e. The SMILES string of the molecule is Cc1c(/C=N/NC(=O)c2cccc(S(=O)(=O)Nc3ccc(Cl)cc3)c2)cc(C#N)n1C. The second kappa shape index (κ2) is 9.04. The van der Waals surface area contributed by atoms with Gasteiger partial charge in [0.1, 0.15) is 11.8 Å². The second-order valence-corrected chi connectivity index (χ2v) is 8.70. The molecule has 0 bridgehead atoms. The van der Waals surface area contributed by atoms with E-state index in [0.29, 0.717) is 22.0 Å². The van der Waals surface area contributed by atoms with Gasteiger partial charge in [-0.15, -0.1) is 0 Å². The molecule has 31 heavy (non-hydrogen) atoms. The zero-order valence-corrected chi connectivity index (χ0v) is 18.2. The number of halogens is 1. The number of hydrogen-bond acceptors (Lipinski definition) is 5. The molecular weight excluding hydrogens is 438 g/mol. The first-order valence-corrected chi connectivity index (χ1v) is 10.9. The van der Waals surface area contributed by atoms with Gasteiger partial charge in [-0.3, -0.25) is 9.52 Å². The molecular formula is C21H18ClN5O3S. The van der Waals surface area contributed by atoms with Crippen LogP contribution >= 0.6 is 11.6 Å². The van der Waals surface area contributed by atoms with Crippen molar-refractivity contribution in [2.24, 2.45) is 12.1 Å². The highest BCUT2D eigenvalue weighted by Crippen LogP contribution is 2.19. The Morgan fingerprint density at radius 1 is 1.19 bits per heavy atom. The maximum absolute atomic E-state index is 12.6. The third-order valence-electron chi connectivity index (χ3n) is 4.56. The Hall–Kier alpha value is -3.61. The van der Waals surface area contributed by atoms with Crippen LogP contribution in [0.2, 0.25) is 5.02 Å². The molecule has 1 aromatic heterocycles. The summed E-state index contributed by atoms with van der Waals surface area (Å²) < 4.78 is 29.4. The van der Waals surface area contributed by atoms with Gasteiger partial charge < -0.3 is 4.57 Å². The van der Waals surface area contributed by atoms with Gasteiger partial charge in [0.05, 0.1) is 11.1 Å². The van der Waals surface area contributed by atoms with Crippen molar-refractivity contribution in [3.8, 4) is 6.07 Å². The van der Waals surface area contributed by atoms with E-state index in [-0.39, 0.29) is 10.5 Å². The number of nitriles is 1. The molecule has 158 valence electrons. The highest BCUT2D eigenvalue weighted by molar-refractivity contribution is 7.92. The van der Waals surface area contributed by atoms with Crippen molar-refractivity contribution >= 4 is 39.4 Å². The molecule has 3 rings (SSSR count). The molecule has 1 heterocycles. The van der Waals surface area contributed by atoms with Crippen LogP contribution < -0.4 is 10.1 Å². The van der Waals surface area contributed by atoms with Gasteiger partial charge in [0.15, 0.2) is 0 Å². The molecule has 8 nitrogen and oxygen atoms in total. The average molecular weight is 456 g/mol. The van der Waals surface area contributed by atoms with Crippen molar-refractivity contribution in [1.29, 1.82) is 5.26 Å². The summed E-state index contributed by atoms with van der Waals surface area (Å²) in [6, 6.07) is 15.5. The van der Waals surface area contributed by atoms with Gasteiger partial charge in [0.2, 0.25) is 0 Å². The van der Waals surface area contributed by atoms with Gasteiger partial charge in [0, 0.05) is 34.6 Å². The van der Waals surface area contributed by atoms with Crippen molar-refractivity contribution in [2.75, 3.05) is 4.72 Å². The number of anilines is 1. The number of sulfonamides is 1. The number of nitrogens with zero attached hydrogens (tertiary/aromatic N) is 3. The van der Waals surface area contributed by atoms with Crippen LogP contribution in [0.3, 0.4) is 0 Å². The van der Waals surface area contributed by atoms with E-state index >= 15 is 0 Å². The fourth-order valence-electron chi connectivity index (χ4n) is 2.72. The fourth-order valence-corrected chi connectivity index (χ4v) is 3.95. The smallest absolute Gasteiger partial charge is 0.271 e. The van der Waals surface area contributed by atoms with E-state index in [4.69, 9.17) is 16.9 Å². The number of hydrogen-bond donors (Lipinski definition) is 2. The topological polar surface area (TPSA) is 116 Å². The Morgan fingerprint density at radius 3 is 2.55 bits per heavy atom. The number of rotatable bonds is 6. The minimum Gasteiger partial charge on any atom is -0.339 e. The molecule has 2 aromatic carbocycles. The molecule has 10 heteroatoms. The summed E-state index contributed by atoms with van der Waals surface area (Å²) in [6.45, 7) is 1.83. The van der Waals surface area contributed by atoms with Gasteiger partial charge >= 0.3 is 0 Å². The lowest BCUT2D eigenvalue weighted by Crippen LogP contribution is -2.19. The number of nitrogens with one attached hydrogen (secondary N) is 2. The minimum absolute atomic E-state index is 0.0726. The molecule has 0 saturated heterocycles. The van der Waals surface area contributed by atoms with Gasteiger partial charge in [-0.05, 0) is 55.5 Å². The van der Waals surface area contributed by atoms with Crippen molar-refractivity contribution in [3.05, 3.63) is 82.1 Å². The van der Waals surface area contributed by atoms with Crippen LogP contribution in [0.15, 0.2) is 64.6 Å². The lowest BCUT2D eigenvalue weighted by molar-refractivity contribution is 0.0955. The van der Waals surface area contributed by atoms with Crippen LogP contribution in [0, 0.1) is 18.3 Å². The van der Waals surface area contributed by atoms with E-state index in [1.807, 2.05) is 6.92 Å². The molecule has 1 amide bonds. The van der Waals surface area contributed by atoms with Crippen LogP contribution in [-0.2, 0) is 17.1 Å². The molecule has 0 radical (unpaired) electrons. The van der Waals surface area contributed by atoms with Crippen LogP contribution in [0.4, 0.5) is 5.69 Å². The lowest BCUT2D eigenvalue weighted by atomic mass is 10.2. The Kier molecular flexibility index (Phi) is 6.44. The number of carbonyl (C=O) groups excluding carboxylic acids is 1. The summed E-state index contributed by atoms with van der Waals surface area (Å²) in [5.41, 5.74) is 4.80. The predicted octanol–water partition coefficient (Wildman–Crippen LogP) is 3.42. The Bertz CT molecular complexity index is 1310. The van der Waals surface area contributed by atoms with Gasteiger partial charge in [-0.2, -0.15) is 10.4 Å². The maximum Gasteiger partial charge on any atom is 0.271 e. The average Bonchev–Trinajstić information content (AvgIpc) is 3.03. The first kappa shape index (κ1) is 22.1. The van der Waals surface area contributed by atoms with E-state index in [9.17, 15) is 13.2 Å². The summed E-state index contributed by atoms with van der Waals surface area (Å²) in [5.74, 6) is -0.575. The summed E-state index contributed by atoms with van der Waals surface area (Å²) in [7, 11) is -2.14. The molecule has 0 spiro atoms. The predicted molar refractivity (Wildman–Crippen MR) is 119 cm³/mol. The standard InChI is InChI=1S/C21H18ClN5O3S/c1-14-16(10-19(12-23)27(14)2)13-24-25-21(28)15-4-3-5-20(11-15)31(29,30)26-18-8-6-17(22)7-9-18/h3-11,13,26H,1-2H3,(H,25,28)/b24-13+. The third-order valence-corrected chi connectivity index (χ3v) is 6.19. The Morgan fingerprint density at radius 2 is 1.90 bits per heavy atom. The highest BCUT2D eigenvalue weighted by Gasteiger charge is 2.16. The molecule has 3 aromatic rings. The monoisotopic (exact) mass is 455 g/mol. The van der Waals surface area contributed by atoms with Crippen LogP contribution in [0.25, 0.3) is 0 Å². The molecule has 0 aliphatic carbocycles. The maximum atomic E-state index is 12.6. The summed E-state index contributed by atoms with van der Waals surface area (Å²) in [6.07, 6.45) is 1.43. The lowest BCUT2D eigenvalue weighted by Gasteiger charge is -2.09. The summed E-state index contributed by atoms with van der Waals surface area (Å²) in [4.78, 5) is 12.3. The van der Waals surface area contributed by atoms with Gasteiger partial charge in [0.25, 0.3) is 15.9 Å². The van der Waals surface area contributed by atoms with E-state index in [1.54, 1.807) is 29.8 Å². The number of carbonyl (C=O) groups is 1. The van der Waals surface area contributed by atoms with Crippen molar-refractivity contribution in [3.63, 3.8) is 0 Å². The third kappa shape index (κ3) is 5.12. The number of hydrazone groups is 1. The van der Waals surface area contributed by atoms with E-state index < -0.39 is 15.9 Å². The molecule has 0 saturated carbocycles. The quantitative estimate of drug-likeness (QED) is 0.437. The second-order valence-electron chi connectivity index (χ2n) is 6.58. The fraction of sp³-hybridized carbons (Fsp3) is 0.0952. The van der Waals surface area contributed by atoms with Crippen LogP contribution in [0.5, 0.6) is 0 Å². The Balaban J connectivity index is 1.74. The summed E-state index contributed by atoms with van der Waals surface area (Å²) in [5, 5.41) is 13.5. The van der Waals surface area contributed by atoms with Crippen LogP contribution in [-0.4, -0.2) is 25.1 Å². The molecule has 0 unspecified atom stereocenters. The van der Waals surface area contributed by atoms with E-state index in [0.717, 1.165) is 5.69 Å². The van der Waals surface area contributed by atoms with Gasteiger partial charge in [-0.25, -0.2) is 13.8 Å². The minimum atomic E-state index is -3.90. The summed E-state index contributed by atoms with van der Waals surface area (Å²) >= 11 is 5.81. The molecule has 0 atom stereocenters. The molecule has 0 aliphatic heterocycles. The normalized spacial score (nSPS) is 11.3. The number of benzene rings is 2. The zero-order chi connectivity index (χ0) is 22.6. The van der Waals surface area contributed by atoms with Crippen LogP contribution in [0.1, 0.15) is 27.3 Å². The molecule has 0 aliphatic rings. The Labute approximate surface area is 184 Å². The molecule has 0 fully saturated rings. The number of amides is 1. The van der Waals surface area contributed by atoms with E-state index in [2.05, 4.69) is 21.3 Å².